The number of hydrogen-bond acceptors (Lipinski definition) is 6. The lowest BCUT2D eigenvalue weighted by Crippen LogP contribution is -2.23. The molecule has 0 amide bonds. The van der Waals surface area contributed by atoms with Crippen molar-refractivity contribution < 1.29 is 23.1 Å². The fraction of sp³-hybridized carbons (Fsp3) is 0.296. The molecule has 9 heteroatoms. The molecule has 0 saturated carbocycles. The highest BCUT2D eigenvalue weighted by Gasteiger charge is 2.18. The monoisotopic (exact) mass is 551 g/mol. The van der Waals surface area contributed by atoms with Gasteiger partial charge in [0.15, 0.2) is 0 Å². The van der Waals surface area contributed by atoms with E-state index in [0.717, 1.165) is 16.7 Å². The Kier molecular flexibility index (Phi) is 11.9. The van der Waals surface area contributed by atoms with Crippen LogP contribution in [-0.4, -0.2) is 39.2 Å². The summed E-state index contributed by atoms with van der Waals surface area (Å²) < 4.78 is 31.1. The second-order valence-corrected chi connectivity index (χ2v) is 10.5. The van der Waals surface area contributed by atoms with Crippen LogP contribution in [0.3, 0.4) is 0 Å². The summed E-state index contributed by atoms with van der Waals surface area (Å²) in [5.74, 6) is -0.301. The topological polar surface area (TPSA) is 92.7 Å². The van der Waals surface area contributed by atoms with E-state index in [4.69, 9.17) is 16.3 Å². The third-order valence-corrected chi connectivity index (χ3v) is 7.53. The number of hydrogen-bond donors (Lipinski definition) is 2. The average molecular weight is 553 g/mol. The second kappa shape index (κ2) is 14.4. The van der Waals surface area contributed by atoms with Crippen molar-refractivity contribution in [3.63, 3.8) is 0 Å². The van der Waals surface area contributed by atoms with Gasteiger partial charge < -0.3 is 15.2 Å². The Morgan fingerprint density at radius 1 is 0.972 bits per heavy atom. The zero-order valence-corrected chi connectivity index (χ0v) is 22.4. The Bertz CT molecular complexity index is 1230. The first-order chi connectivity index (χ1) is 16.8. The maximum atomic E-state index is 13.1. The maximum absolute atomic E-state index is 13.1. The van der Waals surface area contributed by atoms with Gasteiger partial charge in [0.1, 0.15) is 0 Å². The molecule has 3 aromatic carbocycles. The molecule has 0 aromatic heterocycles. The van der Waals surface area contributed by atoms with Crippen molar-refractivity contribution in [3.05, 3.63) is 94.5 Å². The van der Waals surface area contributed by atoms with Crippen LogP contribution in [0, 0.1) is 0 Å². The zero-order chi connectivity index (χ0) is 25.3. The van der Waals surface area contributed by atoms with E-state index in [1.165, 1.54) is 0 Å². The van der Waals surface area contributed by atoms with E-state index in [1.807, 2.05) is 6.07 Å². The number of carbonyl (C=O) groups excluding carboxylic acids is 1. The van der Waals surface area contributed by atoms with E-state index in [9.17, 15) is 18.3 Å². The molecule has 6 nitrogen and oxygen atoms in total. The molecule has 0 fully saturated rings. The summed E-state index contributed by atoms with van der Waals surface area (Å²) in [7, 11) is -3.67. The van der Waals surface area contributed by atoms with Crippen molar-refractivity contribution in [2.75, 3.05) is 19.7 Å². The summed E-state index contributed by atoms with van der Waals surface area (Å²) in [5, 5.41) is 14.1. The third kappa shape index (κ3) is 8.61. The van der Waals surface area contributed by atoms with Crippen LogP contribution < -0.4 is 5.32 Å². The summed E-state index contributed by atoms with van der Waals surface area (Å²) in [6, 6.07) is 20.6. The standard InChI is InChI=1S/C27H30ClNO5S.ClH/c1-2-34-27(31)14-11-21-5-3-8-25(17-21)35(32,33)24-12-9-20(10-13-24)15-16-29-19-26(30)22-6-4-7-23(28)18-22;/h3-10,12-13,17-18,26,29-30H,2,11,14-16,19H2,1H3;1H/t26-;/m0./s1. The molecule has 3 rings (SSSR count). The van der Waals surface area contributed by atoms with Gasteiger partial charge in [0.2, 0.25) is 9.84 Å². The summed E-state index contributed by atoms with van der Waals surface area (Å²) in [6.45, 7) is 3.09. The van der Waals surface area contributed by atoms with Crippen LogP contribution in [0.25, 0.3) is 0 Å². The molecule has 0 radical (unpaired) electrons. The molecule has 36 heavy (non-hydrogen) atoms. The number of aliphatic hydroxyl groups excluding tert-OH is 1. The highest BCUT2D eigenvalue weighted by molar-refractivity contribution is 7.91. The number of sulfone groups is 1. The summed E-state index contributed by atoms with van der Waals surface area (Å²) in [4.78, 5) is 12.0. The van der Waals surface area contributed by atoms with Crippen molar-refractivity contribution in [1.82, 2.24) is 5.32 Å². The number of nitrogens with one attached hydrogen (secondary N) is 1. The van der Waals surface area contributed by atoms with Crippen molar-refractivity contribution >= 4 is 39.8 Å². The normalized spacial score (nSPS) is 12.0. The van der Waals surface area contributed by atoms with E-state index in [2.05, 4.69) is 5.32 Å². The van der Waals surface area contributed by atoms with Crippen LogP contribution in [0.15, 0.2) is 82.6 Å². The Labute approximate surface area is 224 Å². The first kappa shape index (κ1) is 29.8. The Hall–Kier alpha value is -2.42. The number of esters is 1. The molecule has 1 atom stereocenters. The van der Waals surface area contributed by atoms with Crippen LogP contribution in [0.5, 0.6) is 0 Å². The zero-order valence-electron chi connectivity index (χ0n) is 20.0. The van der Waals surface area contributed by atoms with Crippen LogP contribution in [0.4, 0.5) is 0 Å². The molecule has 2 N–H and O–H groups in total. The number of benzene rings is 3. The van der Waals surface area contributed by atoms with Gasteiger partial charge >= 0.3 is 5.97 Å². The Morgan fingerprint density at radius 3 is 2.39 bits per heavy atom. The molecular formula is C27H31Cl2NO5S. The van der Waals surface area contributed by atoms with Gasteiger partial charge in [0.05, 0.1) is 22.5 Å². The van der Waals surface area contributed by atoms with Crippen LogP contribution in [0.1, 0.15) is 36.1 Å². The van der Waals surface area contributed by atoms with Gasteiger partial charge in [-0.1, -0.05) is 48.0 Å². The number of aliphatic hydroxyl groups is 1. The summed E-state index contributed by atoms with van der Waals surface area (Å²) >= 11 is 5.97. The van der Waals surface area contributed by atoms with Gasteiger partial charge in [-0.05, 0) is 79.4 Å². The van der Waals surface area contributed by atoms with Crippen LogP contribution in [0.2, 0.25) is 5.02 Å². The first-order valence-corrected chi connectivity index (χ1v) is 13.4. The fourth-order valence-electron chi connectivity index (χ4n) is 3.62. The van der Waals surface area contributed by atoms with Gasteiger partial charge in [-0.25, -0.2) is 8.42 Å². The highest BCUT2D eigenvalue weighted by Crippen LogP contribution is 2.23. The largest absolute Gasteiger partial charge is 0.466 e. The van der Waals surface area contributed by atoms with Gasteiger partial charge in [-0.15, -0.1) is 12.4 Å². The SMILES string of the molecule is CCOC(=O)CCc1cccc(S(=O)(=O)c2ccc(CCNC[C@H](O)c3cccc(Cl)c3)cc2)c1.Cl. The molecule has 0 spiro atoms. The molecular weight excluding hydrogens is 521 g/mol. The molecule has 0 aliphatic rings. The lowest BCUT2D eigenvalue weighted by Gasteiger charge is -2.13. The third-order valence-electron chi connectivity index (χ3n) is 5.53. The summed E-state index contributed by atoms with van der Waals surface area (Å²) in [5.41, 5.74) is 2.50. The van der Waals surface area contributed by atoms with Crippen molar-refractivity contribution in [1.29, 1.82) is 0 Å². The maximum Gasteiger partial charge on any atom is 0.306 e. The Morgan fingerprint density at radius 2 is 1.69 bits per heavy atom. The van der Waals surface area contributed by atoms with E-state index in [0.29, 0.717) is 37.6 Å². The minimum atomic E-state index is -3.67. The van der Waals surface area contributed by atoms with Gasteiger partial charge in [0, 0.05) is 18.0 Å². The summed E-state index contributed by atoms with van der Waals surface area (Å²) in [6.07, 6.45) is 0.650. The quantitative estimate of drug-likeness (QED) is 0.244. The van der Waals surface area contributed by atoms with Crippen molar-refractivity contribution in [2.24, 2.45) is 0 Å². The first-order valence-electron chi connectivity index (χ1n) is 11.5. The van der Waals surface area contributed by atoms with E-state index in [-0.39, 0.29) is 34.6 Å². The molecule has 0 saturated heterocycles. The van der Waals surface area contributed by atoms with E-state index in [1.54, 1.807) is 73.7 Å². The molecule has 194 valence electrons. The van der Waals surface area contributed by atoms with Crippen molar-refractivity contribution in [2.45, 2.75) is 42.1 Å². The average Bonchev–Trinajstić information content (AvgIpc) is 2.86. The van der Waals surface area contributed by atoms with E-state index >= 15 is 0 Å². The highest BCUT2D eigenvalue weighted by atomic mass is 35.5. The van der Waals surface area contributed by atoms with Crippen LogP contribution in [-0.2, 0) is 32.2 Å². The molecule has 0 aliphatic carbocycles. The number of ether oxygens (including phenoxy) is 1. The lowest BCUT2D eigenvalue weighted by atomic mass is 10.1. The van der Waals surface area contributed by atoms with E-state index < -0.39 is 15.9 Å². The minimum Gasteiger partial charge on any atom is -0.466 e. The number of rotatable bonds is 12. The minimum absolute atomic E-state index is 0. The lowest BCUT2D eigenvalue weighted by molar-refractivity contribution is -0.143. The molecule has 0 unspecified atom stereocenters. The molecule has 3 aromatic rings. The fourth-order valence-corrected chi connectivity index (χ4v) is 5.15. The van der Waals surface area contributed by atoms with Crippen molar-refractivity contribution in [3.8, 4) is 0 Å². The number of halogens is 2. The molecule has 0 bridgehead atoms. The second-order valence-electron chi connectivity index (χ2n) is 8.12. The van der Waals surface area contributed by atoms with Gasteiger partial charge in [-0.2, -0.15) is 0 Å². The molecule has 0 aliphatic heterocycles. The Balaban J connectivity index is 0.00000456. The predicted octanol–water partition coefficient (Wildman–Crippen LogP) is 4.96. The predicted molar refractivity (Wildman–Crippen MR) is 144 cm³/mol. The number of carbonyl (C=O) groups is 1. The number of aryl methyl sites for hydroxylation is 1. The van der Waals surface area contributed by atoms with Gasteiger partial charge in [0.25, 0.3) is 0 Å². The van der Waals surface area contributed by atoms with Crippen LogP contribution >= 0.6 is 24.0 Å². The smallest absolute Gasteiger partial charge is 0.306 e. The molecule has 0 heterocycles. The van der Waals surface area contributed by atoms with Gasteiger partial charge in [-0.3, -0.25) is 4.79 Å².